The number of allylic oxidation sites excluding steroid dienone is 1. The second-order valence-electron chi connectivity index (χ2n) is 5.26. The molecule has 0 saturated carbocycles. The summed E-state index contributed by atoms with van der Waals surface area (Å²) >= 11 is 0. The molecule has 0 aromatic heterocycles. The first-order chi connectivity index (χ1) is 11.7. The van der Waals surface area contributed by atoms with Crippen LogP contribution in [0.1, 0.15) is 26.3 Å². The van der Waals surface area contributed by atoms with Gasteiger partial charge in [0, 0.05) is 11.8 Å². The number of benzene rings is 2. The predicted molar refractivity (Wildman–Crippen MR) is 92.9 cm³/mol. The van der Waals surface area contributed by atoms with Gasteiger partial charge in [0.05, 0.1) is 12.7 Å². The van der Waals surface area contributed by atoms with Crippen LogP contribution in [0.5, 0.6) is 5.75 Å². The van der Waals surface area contributed by atoms with Crippen LogP contribution in [0.4, 0.5) is 0 Å². The minimum Gasteiger partial charge on any atom is -0.495 e. The molecule has 2 aromatic carbocycles. The van der Waals surface area contributed by atoms with Gasteiger partial charge in [-0.05, 0) is 42.0 Å². The lowest BCUT2D eigenvalue weighted by Crippen LogP contribution is -2.03. The Morgan fingerprint density at radius 2 is 1.64 bits per heavy atom. The van der Waals surface area contributed by atoms with Crippen molar-refractivity contribution in [2.75, 3.05) is 13.4 Å². The summed E-state index contributed by atoms with van der Waals surface area (Å²) in [4.78, 5) is 23.0. The summed E-state index contributed by atoms with van der Waals surface area (Å²) in [6.07, 6.45) is 3.93. The summed E-state index contributed by atoms with van der Waals surface area (Å²) < 4.78 is 28.4. The third-order valence-corrected chi connectivity index (χ3v) is 4.57. The minimum absolute atomic E-state index is 0.0137. The number of carboxylic acids is 1. The molecule has 0 amide bonds. The van der Waals surface area contributed by atoms with Crippen LogP contribution < -0.4 is 4.74 Å². The van der Waals surface area contributed by atoms with Crippen molar-refractivity contribution in [3.05, 3.63) is 65.2 Å². The van der Waals surface area contributed by atoms with Gasteiger partial charge in [-0.3, -0.25) is 4.79 Å². The van der Waals surface area contributed by atoms with Gasteiger partial charge in [-0.15, -0.1) is 0 Å². The van der Waals surface area contributed by atoms with Gasteiger partial charge >= 0.3 is 5.97 Å². The molecule has 1 N–H and O–H groups in total. The van der Waals surface area contributed by atoms with Gasteiger partial charge in [-0.2, -0.15) is 0 Å². The second kappa shape index (κ2) is 7.31. The summed E-state index contributed by atoms with van der Waals surface area (Å²) in [7, 11) is -2.13. The van der Waals surface area contributed by atoms with E-state index in [2.05, 4.69) is 0 Å². The van der Waals surface area contributed by atoms with Crippen LogP contribution in [0, 0.1) is 0 Å². The van der Waals surface area contributed by atoms with Gasteiger partial charge in [-0.1, -0.05) is 18.2 Å². The van der Waals surface area contributed by atoms with E-state index in [1.807, 2.05) is 0 Å². The van der Waals surface area contributed by atoms with E-state index in [0.717, 1.165) is 6.26 Å². The molecule has 0 radical (unpaired) electrons. The first-order valence-electron chi connectivity index (χ1n) is 7.16. The van der Waals surface area contributed by atoms with Crippen LogP contribution in [0.2, 0.25) is 0 Å². The largest absolute Gasteiger partial charge is 0.495 e. The summed E-state index contributed by atoms with van der Waals surface area (Å²) in [5.41, 5.74) is 1.10. The van der Waals surface area contributed by atoms with Crippen molar-refractivity contribution in [1.82, 2.24) is 0 Å². The number of hydrogen-bond donors (Lipinski definition) is 1. The second-order valence-corrected chi connectivity index (χ2v) is 7.25. The molecule has 0 aliphatic heterocycles. The van der Waals surface area contributed by atoms with E-state index in [-0.39, 0.29) is 27.6 Å². The van der Waals surface area contributed by atoms with Crippen LogP contribution in [0.3, 0.4) is 0 Å². The Kier molecular flexibility index (Phi) is 5.38. The molecule has 0 spiro atoms. The Morgan fingerprint density at radius 1 is 1.04 bits per heavy atom. The predicted octanol–water partition coefficient (Wildman–Crippen LogP) is 2.69. The Morgan fingerprint density at radius 3 is 2.16 bits per heavy atom. The van der Waals surface area contributed by atoms with E-state index in [9.17, 15) is 18.0 Å². The summed E-state index contributed by atoms with van der Waals surface area (Å²) in [6, 6.07) is 10.2. The van der Waals surface area contributed by atoms with Crippen molar-refractivity contribution in [3.8, 4) is 5.75 Å². The number of carbonyl (C=O) groups is 2. The fourth-order valence-corrected chi connectivity index (χ4v) is 2.96. The van der Waals surface area contributed by atoms with E-state index >= 15 is 0 Å². The highest BCUT2D eigenvalue weighted by Gasteiger charge is 2.16. The summed E-state index contributed by atoms with van der Waals surface area (Å²) in [6.45, 7) is 0. The standard InChI is InChI=1S/C18H16O6S/c1-24-16-11-14(8-10-17(16)25(2,22)23)15(19)9-5-12-3-6-13(7-4-12)18(20)21/h3-11H,1-2H3,(H,20,21)/b9-5+. The number of carboxylic acid groups (broad SMARTS) is 1. The van der Waals surface area contributed by atoms with Crippen LogP contribution in [0.25, 0.3) is 6.08 Å². The molecule has 2 rings (SSSR count). The average Bonchev–Trinajstić information content (AvgIpc) is 2.58. The van der Waals surface area contributed by atoms with E-state index in [0.29, 0.717) is 5.56 Å². The molecule has 7 heteroatoms. The van der Waals surface area contributed by atoms with Gasteiger partial charge in [0.15, 0.2) is 15.6 Å². The Hall–Kier alpha value is -2.93. The lowest BCUT2D eigenvalue weighted by molar-refractivity contribution is 0.0696. The molecule has 2 aromatic rings. The van der Waals surface area contributed by atoms with E-state index < -0.39 is 15.8 Å². The number of hydrogen-bond acceptors (Lipinski definition) is 5. The number of carbonyl (C=O) groups excluding carboxylic acids is 1. The van der Waals surface area contributed by atoms with Gasteiger partial charge in [0.1, 0.15) is 10.6 Å². The lowest BCUT2D eigenvalue weighted by atomic mass is 10.1. The topological polar surface area (TPSA) is 97.7 Å². The highest BCUT2D eigenvalue weighted by atomic mass is 32.2. The van der Waals surface area contributed by atoms with E-state index in [1.165, 1.54) is 43.5 Å². The Labute approximate surface area is 145 Å². The number of sulfone groups is 1. The molecule has 0 aliphatic carbocycles. The number of methoxy groups -OCH3 is 1. The molecule has 0 aliphatic rings. The minimum atomic E-state index is -3.46. The maximum Gasteiger partial charge on any atom is 0.335 e. The quantitative estimate of drug-likeness (QED) is 0.628. The fraction of sp³-hybridized carbons (Fsp3) is 0.111. The zero-order valence-corrected chi connectivity index (χ0v) is 14.4. The van der Waals surface area contributed by atoms with Gasteiger partial charge in [0.25, 0.3) is 0 Å². The third-order valence-electron chi connectivity index (χ3n) is 3.43. The van der Waals surface area contributed by atoms with E-state index in [4.69, 9.17) is 9.84 Å². The van der Waals surface area contributed by atoms with Crippen molar-refractivity contribution in [1.29, 1.82) is 0 Å². The zero-order chi connectivity index (χ0) is 18.6. The van der Waals surface area contributed by atoms with Crippen LogP contribution in [-0.2, 0) is 9.84 Å². The summed E-state index contributed by atoms with van der Waals surface area (Å²) in [5.74, 6) is -1.25. The average molecular weight is 360 g/mol. The highest BCUT2D eigenvalue weighted by Crippen LogP contribution is 2.25. The van der Waals surface area contributed by atoms with Crippen molar-refractivity contribution < 1.29 is 27.9 Å². The molecule has 0 atom stereocenters. The van der Waals surface area contributed by atoms with Gasteiger partial charge < -0.3 is 9.84 Å². The van der Waals surface area contributed by atoms with Gasteiger partial charge in [0.2, 0.25) is 0 Å². The monoisotopic (exact) mass is 360 g/mol. The van der Waals surface area contributed by atoms with Crippen molar-refractivity contribution in [3.63, 3.8) is 0 Å². The normalized spacial score (nSPS) is 11.4. The molecule has 6 nitrogen and oxygen atoms in total. The number of ether oxygens (including phenoxy) is 1. The van der Waals surface area contributed by atoms with Crippen LogP contribution in [-0.4, -0.2) is 38.6 Å². The van der Waals surface area contributed by atoms with Crippen molar-refractivity contribution in [2.45, 2.75) is 4.90 Å². The maximum atomic E-state index is 12.2. The smallest absolute Gasteiger partial charge is 0.335 e. The molecule has 0 unspecified atom stereocenters. The summed E-state index contributed by atoms with van der Waals surface area (Å²) in [5, 5.41) is 8.84. The SMILES string of the molecule is COc1cc(C(=O)/C=C/c2ccc(C(=O)O)cc2)ccc1S(C)(=O)=O. The lowest BCUT2D eigenvalue weighted by Gasteiger charge is -2.08. The molecular weight excluding hydrogens is 344 g/mol. The van der Waals surface area contributed by atoms with Gasteiger partial charge in [-0.25, -0.2) is 13.2 Å². The number of aromatic carboxylic acids is 1. The molecule has 0 fully saturated rings. The Balaban J connectivity index is 2.24. The fourth-order valence-electron chi connectivity index (χ4n) is 2.13. The molecule has 0 heterocycles. The van der Waals surface area contributed by atoms with Crippen molar-refractivity contribution >= 4 is 27.7 Å². The number of ketones is 1. The maximum absolute atomic E-state index is 12.2. The molecular formula is C18H16O6S. The molecule has 130 valence electrons. The van der Waals surface area contributed by atoms with Crippen LogP contribution in [0.15, 0.2) is 53.4 Å². The van der Waals surface area contributed by atoms with Crippen LogP contribution >= 0.6 is 0 Å². The van der Waals surface area contributed by atoms with E-state index in [1.54, 1.807) is 18.2 Å². The first-order valence-corrected chi connectivity index (χ1v) is 9.05. The molecule has 0 saturated heterocycles. The zero-order valence-electron chi connectivity index (χ0n) is 13.6. The molecule has 0 bridgehead atoms. The Bertz CT molecular complexity index is 940. The number of rotatable bonds is 6. The third kappa shape index (κ3) is 4.54. The molecule has 25 heavy (non-hydrogen) atoms. The first kappa shape index (κ1) is 18.4. The van der Waals surface area contributed by atoms with Crippen molar-refractivity contribution in [2.24, 2.45) is 0 Å². The highest BCUT2D eigenvalue weighted by molar-refractivity contribution is 7.90.